The van der Waals surface area contributed by atoms with Crippen molar-refractivity contribution in [3.05, 3.63) is 28.8 Å². The van der Waals surface area contributed by atoms with Crippen LogP contribution in [0.1, 0.15) is 44.0 Å². The third-order valence-electron chi connectivity index (χ3n) is 3.02. The van der Waals surface area contributed by atoms with E-state index in [1.165, 1.54) is 18.2 Å². The number of rotatable bonds is 6. The number of carbonyl (C=O) groups excluding carboxylic acids is 1. The molecule has 1 unspecified atom stereocenters. The van der Waals surface area contributed by atoms with Gasteiger partial charge in [-0.05, 0) is 43.9 Å². The van der Waals surface area contributed by atoms with Gasteiger partial charge in [-0.3, -0.25) is 4.79 Å². The maximum absolute atomic E-state index is 12.2. The molecule has 1 N–H and O–H groups in total. The molecule has 1 rings (SSSR count). The lowest BCUT2D eigenvalue weighted by molar-refractivity contribution is 0.0937. The van der Waals surface area contributed by atoms with Crippen molar-refractivity contribution in [1.82, 2.24) is 5.32 Å². The minimum absolute atomic E-state index is 0.0211. The van der Waals surface area contributed by atoms with Gasteiger partial charge in [0.25, 0.3) is 15.0 Å². The molecule has 0 aliphatic heterocycles. The van der Waals surface area contributed by atoms with Crippen molar-refractivity contribution >= 4 is 37.2 Å². The Morgan fingerprint density at radius 2 is 1.86 bits per heavy atom. The van der Waals surface area contributed by atoms with Crippen LogP contribution in [0.15, 0.2) is 23.1 Å². The first-order valence-corrected chi connectivity index (χ1v) is 9.35. The van der Waals surface area contributed by atoms with E-state index in [9.17, 15) is 13.2 Å². The van der Waals surface area contributed by atoms with Gasteiger partial charge in [0.2, 0.25) is 0 Å². The molecule has 0 saturated carbocycles. The Morgan fingerprint density at radius 1 is 1.24 bits per heavy atom. The van der Waals surface area contributed by atoms with Crippen molar-refractivity contribution in [3.8, 4) is 0 Å². The molecule has 21 heavy (non-hydrogen) atoms. The van der Waals surface area contributed by atoms with E-state index >= 15 is 0 Å². The number of benzene rings is 1. The first kappa shape index (κ1) is 18.3. The molecule has 0 heterocycles. The van der Waals surface area contributed by atoms with Gasteiger partial charge in [-0.2, -0.15) is 0 Å². The molecule has 1 aromatic carbocycles. The van der Waals surface area contributed by atoms with Crippen molar-refractivity contribution in [3.63, 3.8) is 0 Å². The molecule has 0 aliphatic rings. The van der Waals surface area contributed by atoms with Crippen molar-refractivity contribution in [1.29, 1.82) is 0 Å². The van der Waals surface area contributed by atoms with Gasteiger partial charge in [0.05, 0.1) is 15.5 Å². The van der Waals surface area contributed by atoms with Crippen LogP contribution < -0.4 is 5.32 Å². The van der Waals surface area contributed by atoms with Crippen LogP contribution in [0.2, 0.25) is 5.02 Å². The molecular weight excluding hydrogens is 333 g/mol. The standard InChI is InChI=1S/C14H19Cl2NO3S/c1-9(2)4-5-10(3)17-14(18)12-8-11(21(16,19)20)6-7-13(12)15/h6-10H,4-5H2,1-3H3,(H,17,18). The number of amides is 1. The summed E-state index contributed by atoms with van der Waals surface area (Å²) in [7, 11) is 1.38. The fourth-order valence-electron chi connectivity index (χ4n) is 1.79. The third kappa shape index (κ3) is 5.85. The van der Waals surface area contributed by atoms with E-state index in [4.69, 9.17) is 22.3 Å². The zero-order chi connectivity index (χ0) is 16.2. The maximum Gasteiger partial charge on any atom is 0.261 e. The molecule has 1 aromatic rings. The molecule has 1 atom stereocenters. The van der Waals surface area contributed by atoms with Crippen molar-refractivity contribution in [2.24, 2.45) is 5.92 Å². The molecule has 0 radical (unpaired) electrons. The van der Waals surface area contributed by atoms with Crippen LogP contribution in [-0.4, -0.2) is 20.4 Å². The summed E-state index contributed by atoms with van der Waals surface area (Å²) in [5.74, 6) is 0.149. The monoisotopic (exact) mass is 351 g/mol. The van der Waals surface area contributed by atoms with Crippen LogP contribution in [0, 0.1) is 5.92 Å². The molecule has 0 bridgehead atoms. The minimum Gasteiger partial charge on any atom is -0.350 e. The molecule has 0 aromatic heterocycles. The summed E-state index contributed by atoms with van der Waals surface area (Å²) >= 11 is 5.95. The van der Waals surface area contributed by atoms with E-state index in [0.29, 0.717) is 5.92 Å². The van der Waals surface area contributed by atoms with Gasteiger partial charge in [0.15, 0.2) is 0 Å². The van der Waals surface area contributed by atoms with Crippen LogP contribution in [0.25, 0.3) is 0 Å². The topological polar surface area (TPSA) is 63.2 Å². The van der Waals surface area contributed by atoms with Gasteiger partial charge < -0.3 is 5.32 Å². The molecule has 0 saturated heterocycles. The van der Waals surface area contributed by atoms with Crippen LogP contribution in [0.3, 0.4) is 0 Å². The Kier molecular flexibility index (Phi) is 6.50. The molecule has 0 fully saturated rings. The highest BCUT2D eigenvalue weighted by atomic mass is 35.7. The van der Waals surface area contributed by atoms with Crippen molar-refractivity contribution < 1.29 is 13.2 Å². The van der Waals surface area contributed by atoms with E-state index in [2.05, 4.69) is 19.2 Å². The lowest BCUT2D eigenvalue weighted by Gasteiger charge is -2.16. The highest BCUT2D eigenvalue weighted by Gasteiger charge is 2.18. The Bertz CT molecular complexity index is 615. The molecule has 118 valence electrons. The molecule has 0 spiro atoms. The Balaban J connectivity index is 2.87. The molecule has 4 nitrogen and oxygen atoms in total. The second-order valence-corrected chi connectivity index (χ2v) is 8.40. The number of hydrogen-bond acceptors (Lipinski definition) is 3. The summed E-state index contributed by atoms with van der Waals surface area (Å²) in [5, 5.41) is 3.00. The van der Waals surface area contributed by atoms with Crippen LogP contribution >= 0.6 is 22.3 Å². The van der Waals surface area contributed by atoms with Crippen LogP contribution in [0.5, 0.6) is 0 Å². The summed E-state index contributed by atoms with van der Waals surface area (Å²) in [6.07, 6.45) is 1.83. The molecular formula is C14H19Cl2NO3S. The second kappa shape index (κ2) is 7.47. The third-order valence-corrected chi connectivity index (χ3v) is 4.70. The predicted octanol–water partition coefficient (Wildman–Crippen LogP) is 3.82. The van der Waals surface area contributed by atoms with E-state index in [-0.39, 0.29) is 21.5 Å². The number of nitrogens with one attached hydrogen (secondary N) is 1. The Labute approximate surface area is 135 Å². The van der Waals surface area contributed by atoms with E-state index < -0.39 is 15.0 Å². The first-order chi connectivity index (χ1) is 9.61. The predicted molar refractivity (Wildman–Crippen MR) is 85.5 cm³/mol. The largest absolute Gasteiger partial charge is 0.350 e. The van der Waals surface area contributed by atoms with E-state index in [0.717, 1.165) is 12.8 Å². The Hall–Kier alpha value is -0.780. The smallest absolute Gasteiger partial charge is 0.261 e. The molecule has 1 amide bonds. The molecule has 7 heteroatoms. The van der Waals surface area contributed by atoms with Gasteiger partial charge in [-0.15, -0.1) is 0 Å². The number of halogens is 2. The summed E-state index contributed by atoms with van der Waals surface area (Å²) in [4.78, 5) is 12.0. The fraction of sp³-hybridized carbons (Fsp3) is 0.500. The Morgan fingerprint density at radius 3 is 2.38 bits per heavy atom. The zero-order valence-electron chi connectivity index (χ0n) is 12.2. The lowest BCUT2D eigenvalue weighted by atomic mass is 10.0. The average molecular weight is 352 g/mol. The number of carbonyl (C=O) groups is 1. The maximum atomic E-state index is 12.2. The van der Waals surface area contributed by atoms with Crippen molar-refractivity contribution in [2.75, 3.05) is 0 Å². The van der Waals surface area contributed by atoms with Gasteiger partial charge >= 0.3 is 0 Å². The highest BCUT2D eigenvalue weighted by molar-refractivity contribution is 8.13. The second-order valence-electron chi connectivity index (χ2n) is 5.43. The lowest BCUT2D eigenvalue weighted by Crippen LogP contribution is -2.33. The molecule has 0 aliphatic carbocycles. The summed E-state index contributed by atoms with van der Waals surface area (Å²) < 4.78 is 22.6. The normalized spacial score (nSPS) is 13.2. The first-order valence-electron chi connectivity index (χ1n) is 6.66. The van der Waals surface area contributed by atoms with Crippen LogP contribution in [-0.2, 0) is 9.05 Å². The number of hydrogen-bond donors (Lipinski definition) is 1. The minimum atomic E-state index is -3.89. The van der Waals surface area contributed by atoms with Gasteiger partial charge in [0.1, 0.15) is 0 Å². The van der Waals surface area contributed by atoms with Crippen molar-refractivity contribution in [2.45, 2.75) is 44.6 Å². The average Bonchev–Trinajstić information content (AvgIpc) is 2.35. The summed E-state index contributed by atoms with van der Waals surface area (Å²) in [5.41, 5.74) is 0.106. The summed E-state index contributed by atoms with van der Waals surface area (Å²) in [6, 6.07) is 3.79. The van der Waals surface area contributed by atoms with Gasteiger partial charge in [0, 0.05) is 16.7 Å². The highest BCUT2D eigenvalue weighted by Crippen LogP contribution is 2.23. The van der Waals surface area contributed by atoms with Gasteiger partial charge in [-0.25, -0.2) is 8.42 Å². The summed E-state index contributed by atoms with van der Waals surface area (Å²) in [6.45, 7) is 6.12. The fourth-order valence-corrected chi connectivity index (χ4v) is 2.77. The van der Waals surface area contributed by atoms with Gasteiger partial charge in [-0.1, -0.05) is 25.4 Å². The van der Waals surface area contributed by atoms with E-state index in [1.54, 1.807) is 0 Å². The van der Waals surface area contributed by atoms with E-state index in [1.807, 2.05) is 6.92 Å². The SMILES string of the molecule is CC(C)CCC(C)NC(=O)c1cc(S(=O)(=O)Cl)ccc1Cl. The quantitative estimate of drug-likeness (QED) is 0.792. The zero-order valence-corrected chi connectivity index (χ0v) is 14.5. The van der Waals surface area contributed by atoms with Crippen LogP contribution in [0.4, 0.5) is 0 Å².